The average molecular weight is 568 g/mol. The maximum atomic E-state index is 13.3. The van der Waals surface area contributed by atoms with Crippen LogP contribution in [0.3, 0.4) is 0 Å². The molecule has 0 heterocycles. The van der Waals surface area contributed by atoms with Crippen molar-refractivity contribution in [1.82, 2.24) is 0 Å². The van der Waals surface area contributed by atoms with Gasteiger partial charge in [-0.05, 0) is 0 Å². The Hall–Kier alpha value is -1.77. The molecule has 0 amide bonds. The van der Waals surface area contributed by atoms with Gasteiger partial charge in [0.2, 0.25) is 0 Å². The van der Waals surface area contributed by atoms with Gasteiger partial charge < -0.3 is 0 Å². The van der Waals surface area contributed by atoms with Crippen LogP contribution in [-0.2, 0) is 23.5 Å². The fraction of sp³-hybridized carbons (Fsp3) is 0.308. The summed E-state index contributed by atoms with van der Waals surface area (Å²) in [7, 11) is -4.05. The summed E-state index contributed by atoms with van der Waals surface area (Å²) in [6.07, 6.45) is 0. The van der Waals surface area contributed by atoms with Crippen molar-refractivity contribution < 1.29 is 15.3 Å². The number of halogens is 2. The molecule has 0 radical (unpaired) electrons. The number of hydrogen-bond donors (Lipinski definition) is 0. The molecule has 0 bridgehead atoms. The van der Waals surface area contributed by atoms with Crippen molar-refractivity contribution in [3.8, 4) is 0 Å². The van der Waals surface area contributed by atoms with E-state index < -0.39 is 36.2 Å². The molecule has 0 aliphatic heterocycles. The van der Waals surface area contributed by atoms with Crippen LogP contribution < -0.4 is 0 Å². The van der Waals surface area contributed by atoms with Crippen LogP contribution in [0.1, 0.15) is 52.7 Å². The van der Waals surface area contributed by atoms with E-state index in [1.807, 2.05) is 48.5 Å². The molecule has 172 valence electrons. The summed E-state index contributed by atoms with van der Waals surface area (Å²) in [6, 6.07) is 20.8. The van der Waals surface area contributed by atoms with E-state index in [4.69, 9.17) is 2.51 Å². The molecule has 0 N–H and O–H groups in total. The monoisotopic (exact) mass is 568 g/mol. The van der Waals surface area contributed by atoms with E-state index in [0.717, 1.165) is 19.3 Å². The first kappa shape index (κ1) is 24.9. The summed E-state index contributed by atoms with van der Waals surface area (Å²) in [5.74, 6) is -0.491. The van der Waals surface area contributed by atoms with E-state index in [1.54, 1.807) is 0 Å². The zero-order valence-corrected chi connectivity index (χ0v) is 22.3. The van der Waals surface area contributed by atoms with Crippen LogP contribution in [0.4, 0.5) is 4.39 Å². The summed E-state index contributed by atoms with van der Waals surface area (Å²) in [5, 5.41) is 0. The molecule has 0 aliphatic rings. The Bertz CT molecular complexity index is 1100. The first-order valence-corrected chi connectivity index (χ1v) is 14.8. The van der Waals surface area contributed by atoms with Crippen LogP contribution in [0.5, 0.6) is 0 Å². The molecule has 3 rings (SSSR count). The van der Waals surface area contributed by atoms with Gasteiger partial charge in [-0.2, -0.15) is 0 Å². The molecule has 0 saturated heterocycles. The second-order valence-electron chi connectivity index (χ2n) is 9.73. The molecule has 3 aromatic carbocycles. The van der Waals surface area contributed by atoms with Crippen molar-refractivity contribution in [3.63, 3.8) is 0 Å². The van der Waals surface area contributed by atoms with Gasteiger partial charge in [0, 0.05) is 0 Å². The Morgan fingerprint density at radius 2 is 1.03 bits per heavy atom. The fourth-order valence-electron chi connectivity index (χ4n) is 3.05. The van der Waals surface area contributed by atoms with Gasteiger partial charge in [0.15, 0.2) is 0 Å². The molecule has 3 aromatic rings. The van der Waals surface area contributed by atoms with Crippen LogP contribution >= 0.6 is 20.2 Å². The van der Waals surface area contributed by atoms with Gasteiger partial charge in [0.1, 0.15) is 0 Å². The third-order valence-corrected chi connectivity index (χ3v) is 12.4. The van der Waals surface area contributed by atoms with Crippen molar-refractivity contribution in [1.29, 1.82) is 0 Å². The maximum absolute atomic E-state index is 13.3. The Kier molecular flexibility index (Phi) is 7.17. The topological polar surface area (TPSA) is 43.4 Å². The molecule has 0 spiro atoms. The van der Waals surface area contributed by atoms with Gasteiger partial charge in [-0.3, -0.25) is 0 Å². The van der Waals surface area contributed by atoms with Crippen LogP contribution in [0.15, 0.2) is 77.7 Å². The first-order valence-electron chi connectivity index (χ1n) is 10.4. The van der Waals surface area contributed by atoms with Gasteiger partial charge in [-0.1, -0.05) is 0 Å². The molecule has 0 unspecified atom stereocenters. The van der Waals surface area contributed by atoms with Crippen LogP contribution in [0.2, 0.25) is 0 Å². The third kappa shape index (κ3) is 5.97. The predicted molar refractivity (Wildman–Crippen MR) is 136 cm³/mol. The van der Waals surface area contributed by atoms with Crippen LogP contribution in [0.25, 0.3) is 0 Å². The second kappa shape index (κ2) is 9.23. The van der Waals surface area contributed by atoms with Gasteiger partial charge >= 0.3 is 200 Å². The number of rotatable bonds is 5. The zero-order valence-electron chi connectivity index (χ0n) is 19.3. The summed E-state index contributed by atoms with van der Waals surface area (Å²) in [6.45, 7) is 12.8. The Labute approximate surface area is 199 Å². The summed E-state index contributed by atoms with van der Waals surface area (Å²) >= 11 is -2.81. The van der Waals surface area contributed by atoms with Gasteiger partial charge in [0.05, 0.1) is 0 Å². The molecule has 0 saturated carbocycles. The van der Waals surface area contributed by atoms with Crippen molar-refractivity contribution in [2.45, 2.75) is 57.3 Å². The summed E-state index contributed by atoms with van der Waals surface area (Å²) < 4.78 is 47.1. The summed E-state index contributed by atoms with van der Waals surface area (Å²) in [5.41, 5.74) is 2.32. The molecule has 6 heteroatoms. The van der Waals surface area contributed by atoms with E-state index >= 15 is 0 Å². The van der Waals surface area contributed by atoms with E-state index in [2.05, 4.69) is 41.5 Å². The van der Waals surface area contributed by atoms with E-state index in [0.29, 0.717) is 0 Å². The molecular weight excluding hydrogens is 538 g/mol. The van der Waals surface area contributed by atoms with Crippen LogP contribution in [0, 0.1) is 13.0 Å². The SMILES string of the molecule is CC(C)(C)c1ccc(I(OS(=O)(=O)c2ccc(F)cc2)c2ccc(C(C)(C)C)cc2)cc1. The Morgan fingerprint density at radius 1 is 0.656 bits per heavy atom. The van der Waals surface area contributed by atoms with Crippen molar-refractivity contribution >= 4 is 30.4 Å². The zero-order chi connectivity index (χ0) is 23.7. The quantitative estimate of drug-likeness (QED) is 0.304. The van der Waals surface area contributed by atoms with Crippen LogP contribution in [-0.4, -0.2) is 8.42 Å². The minimum atomic E-state index is -4.05. The van der Waals surface area contributed by atoms with Gasteiger partial charge in [-0.25, -0.2) is 0 Å². The van der Waals surface area contributed by atoms with E-state index in [9.17, 15) is 12.8 Å². The summed E-state index contributed by atoms with van der Waals surface area (Å²) in [4.78, 5) is -0.0428. The minimum absolute atomic E-state index is 0.00697. The normalized spacial score (nSPS) is 13.2. The first-order chi connectivity index (χ1) is 14.8. The van der Waals surface area contributed by atoms with Crippen molar-refractivity contribution in [2.75, 3.05) is 0 Å². The Balaban J connectivity index is 2.04. The predicted octanol–water partition coefficient (Wildman–Crippen LogP) is 7.29. The molecule has 0 aromatic heterocycles. The number of hydrogen-bond acceptors (Lipinski definition) is 3. The number of benzene rings is 3. The van der Waals surface area contributed by atoms with E-state index in [-0.39, 0.29) is 15.7 Å². The van der Waals surface area contributed by atoms with Crippen molar-refractivity contribution in [3.05, 3.63) is 96.9 Å². The molecule has 0 aliphatic carbocycles. The Morgan fingerprint density at radius 3 is 1.38 bits per heavy atom. The van der Waals surface area contributed by atoms with Gasteiger partial charge in [-0.15, -0.1) is 0 Å². The standard InChI is InChI=1S/C26H30FIO3S/c1-25(2,3)19-7-13-22(14-8-19)28(23-15-9-20(10-16-23)26(4,5)6)31-32(29,30)24-17-11-21(27)12-18-24/h7-18H,1-6H3. The average Bonchev–Trinajstić information content (AvgIpc) is 2.71. The van der Waals surface area contributed by atoms with E-state index in [1.165, 1.54) is 23.3 Å². The van der Waals surface area contributed by atoms with Gasteiger partial charge in [0.25, 0.3) is 0 Å². The molecular formula is C26H30FIO3S. The fourth-order valence-corrected chi connectivity index (χ4v) is 9.93. The van der Waals surface area contributed by atoms with Crippen molar-refractivity contribution in [2.24, 2.45) is 0 Å². The third-order valence-electron chi connectivity index (χ3n) is 5.07. The molecule has 0 atom stereocenters. The molecule has 0 fully saturated rings. The second-order valence-corrected chi connectivity index (χ2v) is 16.2. The molecule has 3 nitrogen and oxygen atoms in total. The molecule has 32 heavy (non-hydrogen) atoms.